The summed E-state index contributed by atoms with van der Waals surface area (Å²) in [4.78, 5) is 29.8. The van der Waals surface area contributed by atoms with Crippen molar-refractivity contribution in [3.63, 3.8) is 0 Å². The van der Waals surface area contributed by atoms with Crippen LogP contribution >= 0.6 is 0 Å². The minimum atomic E-state index is -0.0727. The molecule has 88 valence electrons. The normalized spacial score (nSPS) is 25.7. The van der Waals surface area contributed by atoms with Crippen molar-refractivity contribution in [2.24, 2.45) is 11.8 Å². The maximum atomic E-state index is 12.1. The van der Waals surface area contributed by atoms with E-state index < -0.39 is 0 Å². The van der Waals surface area contributed by atoms with Crippen LogP contribution in [0.15, 0.2) is 36.5 Å². The van der Waals surface area contributed by atoms with Gasteiger partial charge >= 0.3 is 0 Å². The average molecular weight is 238 g/mol. The van der Waals surface area contributed by atoms with Gasteiger partial charge in [0.05, 0.1) is 23.0 Å². The summed E-state index contributed by atoms with van der Waals surface area (Å²) >= 11 is 0. The van der Waals surface area contributed by atoms with Crippen molar-refractivity contribution in [2.75, 3.05) is 4.90 Å². The van der Waals surface area contributed by atoms with Crippen molar-refractivity contribution in [3.8, 4) is 0 Å². The third-order valence-corrected chi connectivity index (χ3v) is 3.72. The Morgan fingerprint density at radius 1 is 1.06 bits per heavy atom. The Hall–Kier alpha value is -2.23. The number of amides is 2. The Balaban J connectivity index is 1.93. The number of hydrogen-bond donors (Lipinski definition) is 0. The van der Waals surface area contributed by atoms with Gasteiger partial charge in [0.1, 0.15) is 0 Å². The highest BCUT2D eigenvalue weighted by atomic mass is 16.2. The van der Waals surface area contributed by atoms with Gasteiger partial charge in [0.2, 0.25) is 11.8 Å². The largest absolute Gasteiger partial charge is 0.274 e. The molecule has 1 aromatic heterocycles. The lowest BCUT2D eigenvalue weighted by Gasteiger charge is -2.17. The number of benzene rings is 1. The van der Waals surface area contributed by atoms with E-state index in [0.29, 0.717) is 11.2 Å². The highest BCUT2D eigenvalue weighted by Gasteiger charge is 2.59. The molecule has 2 aliphatic rings. The number of aromatic nitrogens is 1. The van der Waals surface area contributed by atoms with Crippen LogP contribution in [0.3, 0.4) is 0 Å². The van der Waals surface area contributed by atoms with Crippen molar-refractivity contribution >= 4 is 28.4 Å². The Morgan fingerprint density at radius 2 is 1.78 bits per heavy atom. The minimum Gasteiger partial charge on any atom is -0.274 e. The van der Waals surface area contributed by atoms with Crippen molar-refractivity contribution in [1.82, 2.24) is 4.98 Å². The molecule has 1 saturated heterocycles. The first-order valence-corrected chi connectivity index (χ1v) is 5.99. The van der Waals surface area contributed by atoms with E-state index in [4.69, 9.17) is 0 Å². The zero-order valence-corrected chi connectivity index (χ0v) is 9.54. The van der Waals surface area contributed by atoms with Gasteiger partial charge in [-0.15, -0.1) is 0 Å². The lowest BCUT2D eigenvalue weighted by molar-refractivity contribution is -0.123. The van der Waals surface area contributed by atoms with Gasteiger partial charge in [-0.3, -0.25) is 14.6 Å². The number of fused-ring (bicyclic) bond motifs is 2. The molecule has 1 aliphatic carbocycles. The lowest BCUT2D eigenvalue weighted by atomic mass is 10.1. The van der Waals surface area contributed by atoms with Crippen LogP contribution in [0.1, 0.15) is 6.42 Å². The molecule has 1 aromatic carbocycles. The van der Waals surface area contributed by atoms with Crippen molar-refractivity contribution in [2.45, 2.75) is 6.42 Å². The summed E-state index contributed by atoms with van der Waals surface area (Å²) in [5.74, 6) is -0.278. The van der Waals surface area contributed by atoms with Crippen molar-refractivity contribution in [1.29, 1.82) is 0 Å². The molecule has 4 heteroatoms. The van der Waals surface area contributed by atoms with Crippen LogP contribution in [0, 0.1) is 11.8 Å². The molecule has 1 saturated carbocycles. The van der Waals surface area contributed by atoms with Crippen molar-refractivity contribution in [3.05, 3.63) is 36.5 Å². The molecule has 2 atom stereocenters. The average Bonchev–Trinajstić information content (AvgIpc) is 3.15. The number of rotatable bonds is 1. The van der Waals surface area contributed by atoms with E-state index >= 15 is 0 Å². The van der Waals surface area contributed by atoms with Gasteiger partial charge in [0.15, 0.2) is 0 Å². The SMILES string of the molecule is O=C1[C@H]2C[C@H]2C(=O)N1c1cccc2cccnc12. The molecule has 2 amide bonds. The van der Waals surface area contributed by atoms with E-state index in [2.05, 4.69) is 4.98 Å². The van der Waals surface area contributed by atoms with E-state index in [1.54, 1.807) is 12.3 Å². The van der Waals surface area contributed by atoms with E-state index in [9.17, 15) is 9.59 Å². The highest BCUT2D eigenvalue weighted by Crippen LogP contribution is 2.49. The molecule has 4 rings (SSSR count). The van der Waals surface area contributed by atoms with Gasteiger partial charge in [0, 0.05) is 11.6 Å². The molecule has 2 aromatic rings. The Bertz CT molecular complexity index is 670. The predicted octanol–water partition coefficient (Wildman–Crippen LogP) is 1.74. The highest BCUT2D eigenvalue weighted by molar-refractivity contribution is 6.26. The van der Waals surface area contributed by atoms with E-state index in [0.717, 1.165) is 11.8 Å². The molecule has 4 nitrogen and oxygen atoms in total. The molecule has 1 aliphatic heterocycles. The van der Waals surface area contributed by atoms with E-state index in [1.165, 1.54) is 4.90 Å². The number of anilines is 1. The summed E-state index contributed by atoms with van der Waals surface area (Å²) in [5, 5.41) is 0.941. The molecule has 0 radical (unpaired) electrons. The number of carbonyl (C=O) groups is 2. The van der Waals surface area contributed by atoms with Crippen molar-refractivity contribution < 1.29 is 9.59 Å². The van der Waals surface area contributed by atoms with Gasteiger partial charge in [-0.25, -0.2) is 4.90 Å². The summed E-state index contributed by atoms with van der Waals surface area (Å²) in [5.41, 5.74) is 1.33. The van der Waals surface area contributed by atoms with Crippen LogP contribution < -0.4 is 4.90 Å². The topological polar surface area (TPSA) is 50.3 Å². The van der Waals surface area contributed by atoms with Gasteiger partial charge in [-0.05, 0) is 18.6 Å². The maximum Gasteiger partial charge on any atom is 0.237 e. The van der Waals surface area contributed by atoms with Crippen LogP contribution in [0.25, 0.3) is 10.9 Å². The monoisotopic (exact) mass is 238 g/mol. The Morgan fingerprint density at radius 3 is 2.56 bits per heavy atom. The third-order valence-electron chi connectivity index (χ3n) is 3.72. The smallest absolute Gasteiger partial charge is 0.237 e. The Kier molecular flexibility index (Phi) is 1.71. The summed E-state index contributed by atoms with van der Waals surface area (Å²) in [6, 6.07) is 9.34. The maximum absolute atomic E-state index is 12.1. The Labute approximate surface area is 103 Å². The van der Waals surface area contributed by atoms with Crippen LogP contribution in [0.4, 0.5) is 5.69 Å². The molecule has 0 unspecified atom stereocenters. The number of nitrogens with zero attached hydrogens (tertiary/aromatic N) is 2. The molecule has 2 heterocycles. The zero-order valence-electron chi connectivity index (χ0n) is 9.54. The second kappa shape index (κ2) is 3.16. The predicted molar refractivity (Wildman–Crippen MR) is 65.8 cm³/mol. The molecular formula is C14H10N2O2. The minimum absolute atomic E-state index is 0.0665. The molecule has 2 fully saturated rings. The molecule has 18 heavy (non-hydrogen) atoms. The molecule has 0 bridgehead atoms. The first kappa shape index (κ1) is 9.76. The number of hydrogen-bond acceptors (Lipinski definition) is 3. The second-order valence-electron chi connectivity index (χ2n) is 4.81. The first-order valence-electron chi connectivity index (χ1n) is 5.99. The van der Waals surface area contributed by atoms with E-state index in [-0.39, 0.29) is 23.7 Å². The van der Waals surface area contributed by atoms with E-state index in [1.807, 2.05) is 24.3 Å². The fraction of sp³-hybridized carbons (Fsp3) is 0.214. The number of carbonyl (C=O) groups excluding carboxylic acids is 2. The van der Waals surface area contributed by atoms with Crippen LogP contribution in [0.2, 0.25) is 0 Å². The zero-order chi connectivity index (χ0) is 12.3. The van der Waals surface area contributed by atoms with Gasteiger partial charge in [-0.2, -0.15) is 0 Å². The molecule has 0 spiro atoms. The van der Waals surface area contributed by atoms with Gasteiger partial charge in [-0.1, -0.05) is 18.2 Å². The first-order chi connectivity index (χ1) is 8.77. The van der Waals surface area contributed by atoms with Gasteiger partial charge < -0.3 is 0 Å². The van der Waals surface area contributed by atoms with Crippen LogP contribution in [-0.2, 0) is 9.59 Å². The standard InChI is InChI=1S/C14H10N2O2/c17-13-9-7-10(9)14(18)16(13)11-5-1-3-8-4-2-6-15-12(8)11/h1-6,9-10H,7H2/t9-,10+. The summed E-state index contributed by atoms with van der Waals surface area (Å²) in [6.07, 6.45) is 2.41. The summed E-state index contributed by atoms with van der Waals surface area (Å²) in [7, 11) is 0. The molecular weight excluding hydrogens is 228 g/mol. The van der Waals surface area contributed by atoms with Crippen LogP contribution in [-0.4, -0.2) is 16.8 Å². The number of para-hydroxylation sites is 1. The van der Waals surface area contributed by atoms with Gasteiger partial charge in [0.25, 0.3) is 0 Å². The number of imide groups is 1. The fourth-order valence-corrected chi connectivity index (χ4v) is 2.69. The lowest BCUT2D eigenvalue weighted by Crippen LogP contribution is -2.33. The number of pyridine rings is 1. The third kappa shape index (κ3) is 1.12. The summed E-state index contributed by atoms with van der Waals surface area (Å²) < 4.78 is 0. The summed E-state index contributed by atoms with van der Waals surface area (Å²) in [6.45, 7) is 0. The quantitative estimate of drug-likeness (QED) is 0.711. The number of piperidine rings is 1. The molecule has 0 N–H and O–H groups in total. The second-order valence-corrected chi connectivity index (χ2v) is 4.81. The van der Waals surface area contributed by atoms with Crippen LogP contribution in [0.5, 0.6) is 0 Å². The fourth-order valence-electron chi connectivity index (χ4n) is 2.69.